The lowest BCUT2D eigenvalue weighted by Gasteiger charge is -2.15. The molecule has 6 heteroatoms. The smallest absolute Gasteiger partial charge is 0.241 e. The molecule has 0 aromatic carbocycles. The summed E-state index contributed by atoms with van der Waals surface area (Å²) in [6.07, 6.45) is 1.64. The molecule has 2 bridgehead atoms. The number of nitrogens with zero attached hydrogens (tertiary/aromatic N) is 3. The number of anilines is 1. The number of hydrogen-bond acceptors (Lipinski definition) is 4. The zero-order valence-electron chi connectivity index (χ0n) is 10.9. The van der Waals surface area contributed by atoms with Gasteiger partial charge < -0.3 is 4.74 Å². The second-order valence-electron chi connectivity index (χ2n) is 5.62. The summed E-state index contributed by atoms with van der Waals surface area (Å²) in [6, 6.07) is 1.78. The van der Waals surface area contributed by atoms with Gasteiger partial charge in [0.15, 0.2) is 5.82 Å². The Balaban J connectivity index is 1.75. The van der Waals surface area contributed by atoms with Gasteiger partial charge in [0.05, 0.1) is 24.0 Å². The third kappa shape index (κ3) is 1.27. The van der Waals surface area contributed by atoms with Crippen molar-refractivity contribution in [1.29, 1.82) is 0 Å². The first kappa shape index (κ1) is 11.2. The van der Waals surface area contributed by atoms with Crippen molar-refractivity contribution in [2.75, 3.05) is 4.90 Å². The molecule has 0 spiro atoms. The van der Waals surface area contributed by atoms with E-state index in [9.17, 15) is 9.59 Å². The Bertz CT molecular complexity index is 546. The quantitative estimate of drug-likeness (QED) is 0.686. The zero-order valence-corrected chi connectivity index (χ0v) is 10.9. The molecule has 4 heterocycles. The third-order valence-electron chi connectivity index (χ3n) is 4.61. The number of carbonyl (C=O) groups excluding carboxylic acids is 2. The minimum atomic E-state index is -0.284. The van der Waals surface area contributed by atoms with Crippen LogP contribution in [0.3, 0.4) is 0 Å². The highest BCUT2D eigenvalue weighted by Gasteiger charge is 2.63. The number of hydrogen-bond donors (Lipinski definition) is 0. The number of aromatic nitrogens is 2. The molecule has 3 aliphatic rings. The van der Waals surface area contributed by atoms with E-state index >= 15 is 0 Å². The first-order valence-corrected chi connectivity index (χ1v) is 6.62. The summed E-state index contributed by atoms with van der Waals surface area (Å²) < 4.78 is 7.37. The first-order valence-electron chi connectivity index (χ1n) is 6.62. The molecule has 3 saturated heterocycles. The molecule has 1 aromatic heterocycles. The zero-order chi connectivity index (χ0) is 13.3. The number of rotatable bonds is 1. The van der Waals surface area contributed by atoms with E-state index in [0.717, 1.165) is 18.5 Å². The molecule has 3 aliphatic heterocycles. The van der Waals surface area contributed by atoms with E-state index in [2.05, 4.69) is 5.10 Å². The van der Waals surface area contributed by atoms with Crippen LogP contribution in [0, 0.1) is 18.8 Å². The normalized spacial score (nSPS) is 36.4. The van der Waals surface area contributed by atoms with E-state index in [4.69, 9.17) is 4.74 Å². The van der Waals surface area contributed by atoms with Gasteiger partial charge in [-0.1, -0.05) is 0 Å². The van der Waals surface area contributed by atoms with Crippen LogP contribution in [0.1, 0.15) is 18.5 Å². The van der Waals surface area contributed by atoms with Crippen LogP contribution in [0.15, 0.2) is 6.07 Å². The Morgan fingerprint density at radius 2 is 1.79 bits per heavy atom. The van der Waals surface area contributed by atoms with Crippen molar-refractivity contribution < 1.29 is 14.3 Å². The monoisotopic (exact) mass is 261 g/mol. The van der Waals surface area contributed by atoms with E-state index in [0.29, 0.717) is 5.82 Å². The Morgan fingerprint density at radius 3 is 2.26 bits per heavy atom. The van der Waals surface area contributed by atoms with E-state index in [1.807, 2.05) is 6.92 Å². The lowest BCUT2D eigenvalue weighted by Crippen LogP contribution is -2.34. The molecule has 0 radical (unpaired) electrons. The van der Waals surface area contributed by atoms with Gasteiger partial charge in [0.25, 0.3) is 0 Å². The summed E-state index contributed by atoms with van der Waals surface area (Å²) in [7, 11) is 1.80. The number of imide groups is 1. The average molecular weight is 261 g/mol. The van der Waals surface area contributed by atoms with Crippen LogP contribution in [-0.2, 0) is 21.4 Å². The third-order valence-corrected chi connectivity index (χ3v) is 4.61. The molecule has 100 valence electrons. The summed E-state index contributed by atoms with van der Waals surface area (Å²) >= 11 is 0. The van der Waals surface area contributed by atoms with E-state index in [1.165, 1.54) is 4.90 Å². The minimum Gasteiger partial charge on any atom is -0.373 e. The molecule has 6 nitrogen and oxygen atoms in total. The summed E-state index contributed by atoms with van der Waals surface area (Å²) in [5, 5.41) is 4.25. The highest BCUT2D eigenvalue weighted by atomic mass is 16.5. The fourth-order valence-corrected chi connectivity index (χ4v) is 3.59. The highest BCUT2D eigenvalue weighted by molar-refractivity contribution is 6.22. The van der Waals surface area contributed by atoms with Crippen LogP contribution < -0.4 is 4.90 Å². The van der Waals surface area contributed by atoms with Gasteiger partial charge in [-0.15, -0.1) is 0 Å². The topological polar surface area (TPSA) is 64.4 Å². The van der Waals surface area contributed by atoms with Gasteiger partial charge in [-0.3, -0.25) is 14.3 Å². The van der Waals surface area contributed by atoms with Crippen LogP contribution in [0.25, 0.3) is 0 Å². The predicted molar refractivity (Wildman–Crippen MR) is 65.3 cm³/mol. The molecule has 2 amide bonds. The Kier molecular flexibility index (Phi) is 2.02. The van der Waals surface area contributed by atoms with Crippen molar-refractivity contribution in [1.82, 2.24) is 9.78 Å². The molecule has 19 heavy (non-hydrogen) atoms. The maximum atomic E-state index is 12.5. The number of ether oxygens (including phenoxy) is 1. The molecular formula is C13H15N3O3. The van der Waals surface area contributed by atoms with Gasteiger partial charge in [-0.25, -0.2) is 4.90 Å². The Labute approximate surface area is 110 Å². The maximum absolute atomic E-state index is 12.5. The van der Waals surface area contributed by atoms with Crippen LogP contribution in [-0.4, -0.2) is 33.8 Å². The molecule has 3 fully saturated rings. The SMILES string of the molecule is Cc1cc(N2C(=O)[C@@H]3[C@H](C2=O)[C@H]2CC[C@H]3O2)nn1C. The molecular weight excluding hydrogens is 246 g/mol. The fourth-order valence-electron chi connectivity index (χ4n) is 3.59. The van der Waals surface area contributed by atoms with Crippen molar-refractivity contribution in [3.63, 3.8) is 0 Å². The summed E-state index contributed by atoms with van der Waals surface area (Å²) in [5.74, 6) is -0.397. The van der Waals surface area contributed by atoms with Gasteiger partial charge in [-0.05, 0) is 19.8 Å². The predicted octanol–water partition coefficient (Wildman–Crippen LogP) is 0.395. The van der Waals surface area contributed by atoms with Crippen molar-refractivity contribution in [3.05, 3.63) is 11.8 Å². The molecule has 4 atom stereocenters. The molecule has 4 rings (SSSR count). The standard InChI is InChI=1S/C13H15N3O3/c1-6-5-9(14-15(6)2)16-12(17)10-7-3-4-8(19-7)11(10)13(16)18/h5,7-8,10-11H,3-4H2,1-2H3/t7-,8-,10-,11+/m1/s1. The second-order valence-corrected chi connectivity index (χ2v) is 5.62. The van der Waals surface area contributed by atoms with Gasteiger partial charge >= 0.3 is 0 Å². The van der Waals surface area contributed by atoms with Crippen LogP contribution >= 0.6 is 0 Å². The number of amides is 2. The van der Waals surface area contributed by atoms with Gasteiger partial charge in [0.2, 0.25) is 11.8 Å². The van der Waals surface area contributed by atoms with Crippen LogP contribution in [0.4, 0.5) is 5.82 Å². The van der Waals surface area contributed by atoms with Gasteiger partial charge in [-0.2, -0.15) is 5.10 Å². The summed E-state index contributed by atoms with van der Waals surface area (Å²) in [5.41, 5.74) is 0.923. The van der Waals surface area contributed by atoms with Crippen molar-refractivity contribution in [2.45, 2.75) is 32.0 Å². The lowest BCUT2D eigenvalue weighted by atomic mass is 9.81. The Hall–Kier alpha value is -1.69. The highest BCUT2D eigenvalue weighted by Crippen LogP contribution is 2.49. The van der Waals surface area contributed by atoms with Crippen LogP contribution in [0.2, 0.25) is 0 Å². The van der Waals surface area contributed by atoms with E-state index in [-0.39, 0.29) is 35.9 Å². The van der Waals surface area contributed by atoms with Crippen molar-refractivity contribution in [2.24, 2.45) is 18.9 Å². The fraction of sp³-hybridized carbons (Fsp3) is 0.615. The largest absolute Gasteiger partial charge is 0.373 e. The average Bonchev–Trinajstić information content (AvgIpc) is 3.07. The van der Waals surface area contributed by atoms with Crippen LogP contribution in [0.5, 0.6) is 0 Å². The summed E-state index contributed by atoms with van der Waals surface area (Å²) in [4.78, 5) is 26.2. The van der Waals surface area contributed by atoms with Crippen molar-refractivity contribution >= 4 is 17.6 Å². The van der Waals surface area contributed by atoms with E-state index < -0.39 is 0 Å². The molecule has 0 N–H and O–H groups in total. The molecule has 0 saturated carbocycles. The number of aryl methyl sites for hydroxylation is 2. The number of fused-ring (bicyclic) bond motifs is 5. The minimum absolute atomic E-state index is 0.0683. The molecule has 1 aromatic rings. The van der Waals surface area contributed by atoms with Gasteiger partial charge in [0, 0.05) is 18.8 Å². The second kappa shape index (κ2) is 3.45. The summed E-state index contributed by atoms with van der Waals surface area (Å²) in [6.45, 7) is 1.90. The van der Waals surface area contributed by atoms with Gasteiger partial charge in [0.1, 0.15) is 0 Å². The first-order chi connectivity index (χ1) is 9.08. The van der Waals surface area contributed by atoms with E-state index in [1.54, 1.807) is 17.8 Å². The van der Waals surface area contributed by atoms with Crippen molar-refractivity contribution in [3.8, 4) is 0 Å². The molecule has 0 aliphatic carbocycles. The Morgan fingerprint density at radius 1 is 1.21 bits per heavy atom. The maximum Gasteiger partial charge on any atom is 0.241 e. The lowest BCUT2D eigenvalue weighted by molar-refractivity contribution is -0.124. The number of carbonyl (C=O) groups is 2. The molecule has 0 unspecified atom stereocenters.